The highest BCUT2D eigenvalue weighted by Crippen LogP contribution is 2.24. The van der Waals surface area contributed by atoms with E-state index in [1.807, 2.05) is 19.2 Å². The van der Waals surface area contributed by atoms with E-state index in [1.54, 1.807) is 35.3 Å². The predicted octanol–water partition coefficient (Wildman–Crippen LogP) is 2.77. The van der Waals surface area contributed by atoms with Crippen LogP contribution in [-0.2, 0) is 17.8 Å². The minimum atomic E-state index is -0.326. The van der Waals surface area contributed by atoms with E-state index in [1.165, 1.54) is 12.1 Å². The van der Waals surface area contributed by atoms with Gasteiger partial charge in [-0.15, -0.1) is 0 Å². The lowest BCUT2D eigenvalue weighted by molar-refractivity contribution is -0.120. The van der Waals surface area contributed by atoms with E-state index in [0.717, 1.165) is 22.0 Å². The third kappa shape index (κ3) is 5.06. The quantitative estimate of drug-likeness (QED) is 0.441. The molecule has 1 amide bonds. The highest BCUT2D eigenvalue weighted by atomic mass is 19.1. The van der Waals surface area contributed by atoms with Crippen molar-refractivity contribution in [3.05, 3.63) is 77.6 Å². The zero-order valence-corrected chi connectivity index (χ0v) is 17.5. The first kappa shape index (κ1) is 21.4. The number of pyridine rings is 2. The number of rotatable bonds is 8. The Morgan fingerprint density at radius 1 is 1.22 bits per heavy atom. The van der Waals surface area contributed by atoms with Crippen molar-refractivity contribution in [1.82, 2.24) is 25.1 Å². The monoisotopic (exact) mass is 435 g/mol. The zero-order chi connectivity index (χ0) is 22.5. The Morgan fingerprint density at radius 2 is 2.03 bits per heavy atom. The Morgan fingerprint density at radius 3 is 2.78 bits per heavy atom. The minimum absolute atomic E-state index is 0.109. The summed E-state index contributed by atoms with van der Waals surface area (Å²) in [4.78, 5) is 20.7. The first-order valence-electron chi connectivity index (χ1n) is 10.1. The highest BCUT2D eigenvalue weighted by Gasteiger charge is 2.12. The molecule has 0 unspecified atom stereocenters. The third-order valence-corrected chi connectivity index (χ3v) is 4.79. The van der Waals surface area contributed by atoms with Crippen molar-refractivity contribution in [1.29, 1.82) is 0 Å². The number of hydrogen-bond donors (Lipinski definition) is 2. The van der Waals surface area contributed by atoms with Crippen molar-refractivity contribution in [2.75, 3.05) is 13.2 Å². The van der Waals surface area contributed by atoms with Crippen LogP contribution in [-0.4, -0.2) is 43.9 Å². The number of carbonyl (C=O) groups excluding carboxylic acids is 1. The standard InChI is InChI=1S/C23H22FN5O3/c1-15-10-16(12-27-23(15)32-18-4-2-17(24)3-5-18)13-29-14-19-20(28-29)6-7-25-21(19)11-22(31)26-8-9-30/h2-7,10,12,14,30H,8-9,11,13H2,1H3,(H,26,31). The number of amides is 1. The van der Waals surface area contributed by atoms with E-state index in [2.05, 4.69) is 20.4 Å². The first-order valence-corrected chi connectivity index (χ1v) is 10.1. The molecule has 4 rings (SSSR count). The average molecular weight is 435 g/mol. The number of nitrogens with zero attached hydrogens (tertiary/aromatic N) is 4. The fraction of sp³-hybridized carbons (Fsp3) is 0.217. The molecule has 3 aromatic heterocycles. The molecule has 0 aliphatic rings. The summed E-state index contributed by atoms with van der Waals surface area (Å²) in [5.41, 5.74) is 3.14. The molecule has 0 spiro atoms. The van der Waals surface area contributed by atoms with E-state index >= 15 is 0 Å². The smallest absolute Gasteiger partial charge is 0.226 e. The Kier molecular flexibility index (Phi) is 6.37. The molecular weight excluding hydrogens is 413 g/mol. The van der Waals surface area contributed by atoms with Crippen LogP contribution in [0.25, 0.3) is 10.9 Å². The lowest BCUT2D eigenvalue weighted by Crippen LogP contribution is -2.28. The summed E-state index contributed by atoms with van der Waals surface area (Å²) in [6.45, 7) is 2.47. The Hall–Kier alpha value is -3.85. The van der Waals surface area contributed by atoms with Gasteiger partial charge in [-0.25, -0.2) is 9.37 Å². The number of carbonyl (C=O) groups is 1. The van der Waals surface area contributed by atoms with Gasteiger partial charge < -0.3 is 15.2 Å². The molecule has 0 atom stereocenters. The Labute approximate surface area is 183 Å². The maximum atomic E-state index is 13.1. The summed E-state index contributed by atoms with van der Waals surface area (Å²) in [6.07, 6.45) is 5.30. The van der Waals surface area contributed by atoms with E-state index in [0.29, 0.717) is 23.9 Å². The molecule has 1 aromatic carbocycles. The van der Waals surface area contributed by atoms with E-state index < -0.39 is 0 Å². The number of aromatic nitrogens is 4. The van der Waals surface area contributed by atoms with E-state index in [9.17, 15) is 9.18 Å². The predicted molar refractivity (Wildman–Crippen MR) is 116 cm³/mol. The van der Waals surface area contributed by atoms with Gasteiger partial charge in [0.2, 0.25) is 11.8 Å². The second-order valence-corrected chi connectivity index (χ2v) is 7.29. The van der Waals surface area contributed by atoms with Crippen LogP contribution in [0, 0.1) is 12.7 Å². The molecule has 0 aliphatic carbocycles. The van der Waals surface area contributed by atoms with Gasteiger partial charge in [0.15, 0.2) is 0 Å². The van der Waals surface area contributed by atoms with Crippen LogP contribution >= 0.6 is 0 Å². The second-order valence-electron chi connectivity index (χ2n) is 7.29. The summed E-state index contributed by atoms with van der Waals surface area (Å²) in [6, 6.07) is 9.52. The highest BCUT2D eigenvalue weighted by molar-refractivity contribution is 5.86. The molecule has 3 heterocycles. The average Bonchev–Trinajstić information content (AvgIpc) is 3.19. The molecular formula is C23H22FN5O3. The largest absolute Gasteiger partial charge is 0.439 e. The molecule has 164 valence electrons. The Balaban J connectivity index is 1.49. The van der Waals surface area contributed by atoms with Crippen molar-refractivity contribution in [3.63, 3.8) is 0 Å². The fourth-order valence-corrected chi connectivity index (χ4v) is 3.30. The SMILES string of the molecule is Cc1cc(Cn2cc3c(CC(=O)NCCO)nccc3n2)cnc1Oc1ccc(F)cc1. The molecule has 8 nitrogen and oxygen atoms in total. The van der Waals surface area contributed by atoms with E-state index in [-0.39, 0.29) is 31.3 Å². The lowest BCUT2D eigenvalue weighted by Gasteiger charge is -2.09. The molecule has 0 fully saturated rings. The Bertz CT molecular complexity index is 1240. The molecule has 0 bridgehead atoms. The lowest BCUT2D eigenvalue weighted by atomic mass is 10.2. The van der Waals surface area contributed by atoms with Crippen molar-refractivity contribution >= 4 is 16.8 Å². The maximum Gasteiger partial charge on any atom is 0.226 e. The van der Waals surface area contributed by atoms with Gasteiger partial charge in [0.1, 0.15) is 11.6 Å². The van der Waals surface area contributed by atoms with Crippen LogP contribution in [0.3, 0.4) is 0 Å². The van der Waals surface area contributed by atoms with Crippen molar-refractivity contribution < 1.29 is 19.0 Å². The van der Waals surface area contributed by atoms with Gasteiger partial charge in [0.05, 0.1) is 30.8 Å². The maximum absolute atomic E-state index is 13.1. The number of aliphatic hydroxyl groups excluding tert-OH is 1. The fourth-order valence-electron chi connectivity index (χ4n) is 3.30. The third-order valence-electron chi connectivity index (χ3n) is 4.79. The summed E-state index contributed by atoms with van der Waals surface area (Å²) in [5.74, 6) is 0.430. The molecule has 4 aromatic rings. The number of hydrogen-bond acceptors (Lipinski definition) is 6. The number of aryl methyl sites for hydroxylation is 1. The molecule has 32 heavy (non-hydrogen) atoms. The molecule has 0 saturated heterocycles. The second kappa shape index (κ2) is 9.52. The van der Waals surface area contributed by atoms with Crippen LogP contribution in [0.2, 0.25) is 0 Å². The normalized spacial score (nSPS) is 11.0. The van der Waals surface area contributed by atoms with Crippen LogP contribution in [0.1, 0.15) is 16.8 Å². The van der Waals surface area contributed by atoms with Gasteiger partial charge in [-0.05, 0) is 48.9 Å². The van der Waals surface area contributed by atoms with Crippen LogP contribution in [0.4, 0.5) is 4.39 Å². The van der Waals surface area contributed by atoms with Gasteiger partial charge in [-0.1, -0.05) is 0 Å². The van der Waals surface area contributed by atoms with E-state index in [4.69, 9.17) is 9.84 Å². The summed E-state index contributed by atoms with van der Waals surface area (Å²) in [7, 11) is 0. The molecule has 0 aliphatic heterocycles. The molecule has 0 saturated carbocycles. The topological polar surface area (TPSA) is 102 Å². The summed E-state index contributed by atoms with van der Waals surface area (Å²) >= 11 is 0. The number of benzene rings is 1. The molecule has 0 radical (unpaired) electrons. The number of nitrogens with one attached hydrogen (secondary N) is 1. The first-order chi connectivity index (χ1) is 15.5. The zero-order valence-electron chi connectivity index (χ0n) is 17.5. The van der Waals surface area contributed by atoms with Crippen LogP contribution in [0.5, 0.6) is 11.6 Å². The van der Waals surface area contributed by atoms with Gasteiger partial charge in [-0.2, -0.15) is 5.10 Å². The number of fused-ring (bicyclic) bond motifs is 1. The minimum Gasteiger partial charge on any atom is -0.439 e. The van der Waals surface area contributed by atoms with Crippen molar-refractivity contribution in [2.45, 2.75) is 19.9 Å². The van der Waals surface area contributed by atoms with Gasteiger partial charge in [0, 0.05) is 36.1 Å². The summed E-state index contributed by atoms with van der Waals surface area (Å²) < 4.78 is 20.6. The van der Waals surface area contributed by atoms with Gasteiger partial charge in [-0.3, -0.25) is 14.5 Å². The number of halogens is 1. The van der Waals surface area contributed by atoms with Crippen LogP contribution in [0.15, 0.2) is 55.0 Å². The van der Waals surface area contributed by atoms with Gasteiger partial charge >= 0.3 is 0 Å². The number of ether oxygens (including phenoxy) is 1. The molecule has 9 heteroatoms. The molecule has 2 N–H and O–H groups in total. The van der Waals surface area contributed by atoms with Gasteiger partial charge in [0.25, 0.3) is 0 Å². The summed E-state index contributed by atoms with van der Waals surface area (Å²) in [5, 5.41) is 16.9. The number of aliphatic hydroxyl groups is 1. The van der Waals surface area contributed by atoms with Crippen molar-refractivity contribution in [2.24, 2.45) is 0 Å². The van der Waals surface area contributed by atoms with Crippen molar-refractivity contribution in [3.8, 4) is 11.6 Å². The van der Waals surface area contributed by atoms with Crippen LogP contribution < -0.4 is 10.1 Å².